The van der Waals surface area contributed by atoms with Crippen molar-refractivity contribution in [1.82, 2.24) is 9.80 Å². The minimum absolute atomic E-state index is 0.0751. The third kappa shape index (κ3) is 5.43. The first-order chi connectivity index (χ1) is 17.4. The van der Waals surface area contributed by atoms with Crippen LogP contribution in [0.15, 0.2) is 54.6 Å². The summed E-state index contributed by atoms with van der Waals surface area (Å²) in [5.41, 5.74) is 1.47. The Kier molecular flexibility index (Phi) is 7.05. The number of halogens is 2. The fraction of sp³-hybridized carbons (Fsp3) is 0.429. The van der Waals surface area contributed by atoms with Gasteiger partial charge in [-0.3, -0.25) is 4.79 Å². The average Bonchev–Trinajstić information content (AvgIpc) is 3.63. The van der Waals surface area contributed by atoms with Gasteiger partial charge in [-0.25, -0.2) is 13.6 Å². The van der Waals surface area contributed by atoms with E-state index in [2.05, 4.69) is 4.90 Å². The molecule has 8 heteroatoms. The van der Waals surface area contributed by atoms with E-state index in [1.807, 2.05) is 37.4 Å². The fourth-order valence-electron chi connectivity index (χ4n) is 4.96. The van der Waals surface area contributed by atoms with Gasteiger partial charge in [-0.1, -0.05) is 36.4 Å². The van der Waals surface area contributed by atoms with Crippen LogP contribution in [0.2, 0.25) is 0 Å². The van der Waals surface area contributed by atoms with Crippen LogP contribution in [0.4, 0.5) is 13.6 Å². The lowest BCUT2D eigenvalue weighted by molar-refractivity contribution is -0.144. The van der Waals surface area contributed by atoms with Gasteiger partial charge in [-0.2, -0.15) is 0 Å². The summed E-state index contributed by atoms with van der Waals surface area (Å²) in [6.07, 6.45) is 2.77. The molecule has 2 aromatic rings. The number of hydrogen-bond acceptors (Lipinski definition) is 5. The molecule has 190 valence electrons. The molecule has 3 aliphatic rings. The number of carbonyl (C=O) groups is 2. The Balaban J connectivity index is 1.36. The van der Waals surface area contributed by atoms with Crippen molar-refractivity contribution in [2.75, 3.05) is 26.7 Å². The van der Waals surface area contributed by atoms with E-state index in [0.29, 0.717) is 5.57 Å². The third-order valence-corrected chi connectivity index (χ3v) is 7.18. The molecular formula is C28H30F2N2O4. The summed E-state index contributed by atoms with van der Waals surface area (Å²) >= 11 is 0. The zero-order valence-corrected chi connectivity index (χ0v) is 20.2. The van der Waals surface area contributed by atoms with Gasteiger partial charge >= 0.3 is 6.16 Å². The molecule has 5 rings (SSSR count). The highest BCUT2D eigenvalue weighted by Gasteiger charge is 2.45. The van der Waals surface area contributed by atoms with Crippen molar-refractivity contribution in [3.8, 4) is 0 Å². The fourth-order valence-corrected chi connectivity index (χ4v) is 4.96. The summed E-state index contributed by atoms with van der Waals surface area (Å²) in [7, 11) is 2.02. The highest BCUT2D eigenvalue weighted by Crippen LogP contribution is 2.40. The molecule has 0 aromatic heterocycles. The summed E-state index contributed by atoms with van der Waals surface area (Å²) in [6.45, 7) is 1.75. The van der Waals surface area contributed by atoms with Crippen LogP contribution >= 0.6 is 0 Å². The van der Waals surface area contributed by atoms with Gasteiger partial charge in [0.15, 0.2) is 6.10 Å². The van der Waals surface area contributed by atoms with Gasteiger partial charge < -0.3 is 19.3 Å². The first-order valence-electron chi connectivity index (χ1n) is 12.5. The molecule has 36 heavy (non-hydrogen) atoms. The van der Waals surface area contributed by atoms with Crippen molar-refractivity contribution in [2.24, 2.45) is 5.92 Å². The molecule has 1 saturated carbocycles. The SMILES string of the molecule is CN1CCC(OC(=O)O[C@H](C(=O)N2CC(c3cc(F)ccc3F)=C[C@H]2c2ccccc2)C2CC2)CC1. The van der Waals surface area contributed by atoms with Crippen molar-refractivity contribution in [3.63, 3.8) is 0 Å². The molecule has 2 atom stereocenters. The Hall–Kier alpha value is -3.26. The monoisotopic (exact) mass is 496 g/mol. The number of carbonyl (C=O) groups excluding carboxylic acids is 2. The molecule has 0 N–H and O–H groups in total. The van der Waals surface area contributed by atoms with E-state index < -0.39 is 29.9 Å². The smallest absolute Gasteiger partial charge is 0.431 e. The Morgan fingerprint density at radius 2 is 1.72 bits per heavy atom. The maximum Gasteiger partial charge on any atom is 0.509 e. The van der Waals surface area contributed by atoms with Crippen LogP contribution in [0.5, 0.6) is 0 Å². The maximum atomic E-state index is 14.6. The second-order valence-corrected chi connectivity index (χ2v) is 9.88. The number of nitrogens with zero attached hydrogens (tertiary/aromatic N) is 2. The van der Waals surface area contributed by atoms with Crippen molar-refractivity contribution < 1.29 is 27.8 Å². The second kappa shape index (κ2) is 10.4. The van der Waals surface area contributed by atoms with E-state index in [9.17, 15) is 18.4 Å². The van der Waals surface area contributed by atoms with E-state index in [1.165, 1.54) is 0 Å². The zero-order valence-electron chi connectivity index (χ0n) is 20.2. The van der Waals surface area contributed by atoms with Crippen LogP contribution in [-0.2, 0) is 14.3 Å². The lowest BCUT2D eigenvalue weighted by atomic mass is 10.0. The van der Waals surface area contributed by atoms with Crippen LogP contribution in [0.1, 0.15) is 42.9 Å². The van der Waals surface area contributed by atoms with Gasteiger partial charge in [-0.15, -0.1) is 0 Å². The van der Waals surface area contributed by atoms with Gasteiger partial charge in [-0.05, 0) is 62.1 Å². The van der Waals surface area contributed by atoms with Gasteiger partial charge in [0.05, 0.1) is 6.04 Å². The molecule has 0 unspecified atom stereocenters. The summed E-state index contributed by atoms with van der Waals surface area (Å²) in [4.78, 5) is 30.2. The molecule has 2 aliphatic heterocycles. The lowest BCUT2D eigenvalue weighted by Gasteiger charge is -2.31. The number of hydrogen-bond donors (Lipinski definition) is 0. The number of benzene rings is 2. The molecule has 2 heterocycles. The van der Waals surface area contributed by atoms with E-state index >= 15 is 0 Å². The van der Waals surface area contributed by atoms with E-state index in [1.54, 1.807) is 11.0 Å². The summed E-state index contributed by atoms with van der Waals surface area (Å²) < 4.78 is 39.7. The Labute approximate surface area is 209 Å². The van der Waals surface area contributed by atoms with E-state index in [4.69, 9.17) is 9.47 Å². The Bertz CT molecular complexity index is 1140. The van der Waals surface area contributed by atoms with Crippen molar-refractivity contribution >= 4 is 17.6 Å². The van der Waals surface area contributed by atoms with E-state index in [0.717, 1.165) is 62.5 Å². The predicted molar refractivity (Wildman–Crippen MR) is 130 cm³/mol. The topological polar surface area (TPSA) is 59.1 Å². The number of likely N-dealkylation sites (tertiary alicyclic amines) is 1. The zero-order chi connectivity index (χ0) is 25.2. The molecule has 0 radical (unpaired) electrons. The molecule has 2 fully saturated rings. The second-order valence-electron chi connectivity index (χ2n) is 9.88. The van der Waals surface area contributed by atoms with Crippen LogP contribution in [0.25, 0.3) is 5.57 Å². The molecule has 0 bridgehead atoms. The highest BCUT2D eigenvalue weighted by atomic mass is 19.1. The van der Waals surface area contributed by atoms with Crippen LogP contribution in [0, 0.1) is 17.6 Å². The maximum absolute atomic E-state index is 14.6. The van der Waals surface area contributed by atoms with Gasteiger partial charge in [0.1, 0.15) is 17.7 Å². The van der Waals surface area contributed by atoms with Gasteiger partial charge in [0, 0.05) is 31.1 Å². The van der Waals surface area contributed by atoms with Crippen LogP contribution in [-0.4, -0.2) is 60.8 Å². The lowest BCUT2D eigenvalue weighted by Crippen LogP contribution is -2.43. The van der Waals surface area contributed by atoms with E-state index in [-0.39, 0.29) is 30.0 Å². The first kappa shape index (κ1) is 24.4. The summed E-state index contributed by atoms with van der Waals surface area (Å²) in [5, 5.41) is 0. The molecule has 1 saturated heterocycles. The normalized spacial score (nSPS) is 21.7. The quantitative estimate of drug-likeness (QED) is 0.530. The van der Waals surface area contributed by atoms with Gasteiger partial charge in [0.2, 0.25) is 0 Å². The summed E-state index contributed by atoms with van der Waals surface area (Å²) in [5.74, 6) is -1.53. The molecule has 6 nitrogen and oxygen atoms in total. The van der Waals surface area contributed by atoms with Crippen LogP contribution in [0.3, 0.4) is 0 Å². The largest absolute Gasteiger partial charge is 0.509 e. The average molecular weight is 497 g/mol. The van der Waals surface area contributed by atoms with Crippen molar-refractivity contribution in [1.29, 1.82) is 0 Å². The van der Waals surface area contributed by atoms with Crippen LogP contribution < -0.4 is 0 Å². The minimum atomic E-state index is -0.972. The number of ether oxygens (including phenoxy) is 2. The molecular weight excluding hydrogens is 466 g/mol. The summed E-state index contributed by atoms with van der Waals surface area (Å²) in [6, 6.07) is 12.2. The predicted octanol–water partition coefficient (Wildman–Crippen LogP) is 4.96. The number of rotatable bonds is 6. The van der Waals surface area contributed by atoms with Gasteiger partial charge in [0.25, 0.3) is 5.91 Å². The minimum Gasteiger partial charge on any atom is -0.431 e. The number of amides is 1. The molecule has 1 amide bonds. The standard InChI is InChI=1S/C28H30F2N2O4/c1-31-13-11-22(12-14-31)35-28(34)36-26(19-7-8-19)27(33)32-17-20(23-16-21(29)9-10-24(23)30)15-25(32)18-5-3-2-4-6-18/h2-6,9-10,15-16,19,22,25-26H,7-8,11-14,17H2,1H3/t25-,26-/m0/s1. The molecule has 1 aliphatic carbocycles. The highest BCUT2D eigenvalue weighted by molar-refractivity contribution is 5.88. The Morgan fingerprint density at radius 1 is 1.00 bits per heavy atom. The Morgan fingerprint density at radius 3 is 2.42 bits per heavy atom. The van der Waals surface area contributed by atoms with Crippen molar-refractivity contribution in [3.05, 3.63) is 77.4 Å². The molecule has 0 spiro atoms. The number of piperidine rings is 1. The molecule has 2 aromatic carbocycles. The third-order valence-electron chi connectivity index (χ3n) is 7.18. The first-order valence-corrected chi connectivity index (χ1v) is 12.5. The van der Waals surface area contributed by atoms with Crippen molar-refractivity contribution in [2.45, 2.75) is 43.9 Å².